The topological polar surface area (TPSA) is 59.1 Å². The lowest BCUT2D eigenvalue weighted by atomic mass is 10.1. The molecular formula is C21H32N2O4. The van der Waals surface area contributed by atoms with Crippen LogP contribution in [0, 0.1) is 0 Å². The normalized spacial score (nSPS) is 15.2. The van der Waals surface area contributed by atoms with Gasteiger partial charge in [0.2, 0.25) is 0 Å². The third kappa shape index (κ3) is 5.62. The molecule has 0 bridgehead atoms. The molecule has 1 aliphatic rings. The SMILES string of the molecule is CCOc1cc(C(=O)N(C)C(C)CC)ccc1OCC(=O)N1CCCCC1. The Morgan fingerprint density at radius 2 is 1.81 bits per heavy atom. The molecule has 0 saturated carbocycles. The number of hydrogen-bond acceptors (Lipinski definition) is 4. The van der Waals surface area contributed by atoms with Crippen molar-refractivity contribution in [1.29, 1.82) is 0 Å². The van der Waals surface area contributed by atoms with Crippen LogP contribution in [0.1, 0.15) is 56.8 Å². The number of ether oxygens (including phenoxy) is 2. The molecule has 1 aromatic carbocycles. The molecule has 1 unspecified atom stereocenters. The third-order valence-corrected chi connectivity index (χ3v) is 5.12. The van der Waals surface area contributed by atoms with E-state index in [0.29, 0.717) is 23.7 Å². The van der Waals surface area contributed by atoms with E-state index in [0.717, 1.165) is 32.4 Å². The molecule has 0 aromatic heterocycles. The molecule has 1 atom stereocenters. The lowest BCUT2D eigenvalue weighted by molar-refractivity contribution is -0.134. The predicted molar refractivity (Wildman–Crippen MR) is 105 cm³/mol. The van der Waals surface area contributed by atoms with E-state index in [1.54, 1.807) is 30.1 Å². The van der Waals surface area contributed by atoms with E-state index < -0.39 is 0 Å². The van der Waals surface area contributed by atoms with Crippen LogP contribution in [-0.2, 0) is 4.79 Å². The Morgan fingerprint density at radius 3 is 2.44 bits per heavy atom. The number of rotatable bonds is 8. The van der Waals surface area contributed by atoms with Crippen molar-refractivity contribution in [3.63, 3.8) is 0 Å². The average Bonchev–Trinajstić information content (AvgIpc) is 2.71. The molecule has 2 amide bonds. The number of carbonyl (C=O) groups is 2. The minimum atomic E-state index is -0.0544. The second kappa shape index (κ2) is 10.2. The van der Waals surface area contributed by atoms with Gasteiger partial charge in [-0.15, -0.1) is 0 Å². The van der Waals surface area contributed by atoms with Gasteiger partial charge in [-0.1, -0.05) is 6.92 Å². The maximum Gasteiger partial charge on any atom is 0.260 e. The van der Waals surface area contributed by atoms with Gasteiger partial charge in [-0.3, -0.25) is 9.59 Å². The Bertz CT molecular complexity index is 641. The maximum atomic E-state index is 12.7. The zero-order valence-corrected chi connectivity index (χ0v) is 17.0. The van der Waals surface area contributed by atoms with Gasteiger partial charge in [0.25, 0.3) is 11.8 Å². The molecule has 27 heavy (non-hydrogen) atoms. The number of carbonyl (C=O) groups excluding carboxylic acids is 2. The Morgan fingerprint density at radius 1 is 1.11 bits per heavy atom. The van der Waals surface area contributed by atoms with Crippen molar-refractivity contribution in [2.24, 2.45) is 0 Å². The van der Waals surface area contributed by atoms with Gasteiger partial charge in [0, 0.05) is 31.7 Å². The lowest BCUT2D eigenvalue weighted by Crippen LogP contribution is -2.38. The fourth-order valence-electron chi connectivity index (χ4n) is 3.08. The summed E-state index contributed by atoms with van der Waals surface area (Å²) in [4.78, 5) is 28.5. The van der Waals surface area contributed by atoms with Crippen LogP contribution in [0.3, 0.4) is 0 Å². The highest BCUT2D eigenvalue weighted by atomic mass is 16.5. The third-order valence-electron chi connectivity index (χ3n) is 5.12. The molecule has 0 spiro atoms. The standard InChI is InChI=1S/C21H32N2O4/c1-5-16(3)22(4)21(25)17-10-11-18(19(14-17)26-6-2)27-15-20(24)23-12-8-7-9-13-23/h10-11,14,16H,5-9,12-13,15H2,1-4H3. The fourth-order valence-corrected chi connectivity index (χ4v) is 3.08. The Balaban J connectivity index is 2.08. The van der Waals surface area contributed by atoms with Crippen molar-refractivity contribution in [3.8, 4) is 11.5 Å². The minimum Gasteiger partial charge on any atom is -0.490 e. The molecule has 6 heteroatoms. The first-order chi connectivity index (χ1) is 13.0. The number of piperidine rings is 1. The van der Waals surface area contributed by atoms with E-state index in [2.05, 4.69) is 6.92 Å². The number of benzene rings is 1. The largest absolute Gasteiger partial charge is 0.490 e. The summed E-state index contributed by atoms with van der Waals surface area (Å²) in [6.45, 7) is 7.99. The van der Waals surface area contributed by atoms with Gasteiger partial charge in [0.05, 0.1) is 6.61 Å². The lowest BCUT2D eigenvalue weighted by Gasteiger charge is -2.27. The maximum absolute atomic E-state index is 12.7. The van der Waals surface area contributed by atoms with Gasteiger partial charge < -0.3 is 19.3 Å². The van der Waals surface area contributed by atoms with Crippen LogP contribution in [0.5, 0.6) is 11.5 Å². The van der Waals surface area contributed by atoms with E-state index in [4.69, 9.17) is 9.47 Å². The van der Waals surface area contributed by atoms with Crippen LogP contribution in [0.2, 0.25) is 0 Å². The summed E-state index contributed by atoms with van der Waals surface area (Å²) in [5.74, 6) is 0.923. The summed E-state index contributed by atoms with van der Waals surface area (Å²) < 4.78 is 11.4. The van der Waals surface area contributed by atoms with Crippen LogP contribution in [0.4, 0.5) is 0 Å². The molecule has 1 aliphatic heterocycles. The zero-order chi connectivity index (χ0) is 19.8. The van der Waals surface area contributed by atoms with E-state index in [9.17, 15) is 9.59 Å². The fraction of sp³-hybridized carbons (Fsp3) is 0.619. The number of amides is 2. The van der Waals surface area contributed by atoms with Crippen molar-refractivity contribution in [1.82, 2.24) is 9.80 Å². The van der Waals surface area contributed by atoms with Crippen LogP contribution in [0.15, 0.2) is 18.2 Å². The molecule has 0 N–H and O–H groups in total. The molecule has 2 rings (SSSR count). The van der Waals surface area contributed by atoms with Gasteiger partial charge in [-0.25, -0.2) is 0 Å². The predicted octanol–water partition coefficient (Wildman–Crippen LogP) is 3.35. The van der Waals surface area contributed by atoms with Gasteiger partial charge >= 0.3 is 0 Å². The van der Waals surface area contributed by atoms with Crippen LogP contribution >= 0.6 is 0 Å². The molecular weight excluding hydrogens is 344 g/mol. The van der Waals surface area contributed by atoms with E-state index >= 15 is 0 Å². The van der Waals surface area contributed by atoms with Crippen molar-refractivity contribution in [2.75, 3.05) is 33.4 Å². The van der Waals surface area contributed by atoms with E-state index in [1.807, 2.05) is 18.7 Å². The second-order valence-corrected chi connectivity index (χ2v) is 7.00. The summed E-state index contributed by atoms with van der Waals surface area (Å²) in [6, 6.07) is 5.30. The summed E-state index contributed by atoms with van der Waals surface area (Å²) >= 11 is 0. The molecule has 1 aromatic rings. The minimum absolute atomic E-state index is 0.00574. The monoisotopic (exact) mass is 376 g/mol. The van der Waals surface area contributed by atoms with Gasteiger partial charge in [-0.05, 0) is 57.7 Å². The number of likely N-dealkylation sites (tertiary alicyclic amines) is 1. The van der Waals surface area contributed by atoms with Gasteiger partial charge in [0.15, 0.2) is 18.1 Å². The summed E-state index contributed by atoms with van der Waals surface area (Å²) in [7, 11) is 1.80. The first kappa shape index (κ1) is 21.1. The zero-order valence-electron chi connectivity index (χ0n) is 17.0. The van der Waals surface area contributed by atoms with Gasteiger partial charge in [-0.2, -0.15) is 0 Å². The first-order valence-electron chi connectivity index (χ1n) is 9.92. The summed E-state index contributed by atoms with van der Waals surface area (Å²) in [6.07, 6.45) is 4.17. The average molecular weight is 376 g/mol. The van der Waals surface area contributed by atoms with E-state index in [1.165, 1.54) is 6.42 Å². The molecule has 0 radical (unpaired) electrons. The first-order valence-corrected chi connectivity index (χ1v) is 9.92. The molecule has 150 valence electrons. The Kier molecular flexibility index (Phi) is 7.95. The summed E-state index contributed by atoms with van der Waals surface area (Å²) in [5, 5.41) is 0. The summed E-state index contributed by atoms with van der Waals surface area (Å²) in [5.41, 5.74) is 0.552. The molecule has 1 fully saturated rings. The van der Waals surface area contributed by atoms with Crippen molar-refractivity contribution >= 4 is 11.8 Å². The van der Waals surface area contributed by atoms with Crippen LogP contribution < -0.4 is 9.47 Å². The van der Waals surface area contributed by atoms with Crippen molar-refractivity contribution in [3.05, 3.63) is 23.8 Å². The van der Waals surface area contributed by atoms with Crippen LogP contribution in [0.25, 0.3) is 0 Å². The quantitative estimate of drug-likeness (QED) is 0.698. The molecule has 6 nitrogen and oxygen atoms in total. The van der Waals surface area contributed by atoms with Crippen LogP contribution in [-0.4, -0.2) is 61.0 Å². The van der Waals surface area contributed by atoms with E-state index in [-0.39, 0.29) is 24.5 Å². The molecule has 0 aliphatic carbocycles. The van der Waals surface area contributed by atoms with Crippen molar-refractivity contribution in [2.45, 2.75) is 52.5 Å². The highest BCUT2D eigenvalue weighted by Crippen LogP contribution is 2.29. The van der Waals surface area contributed by atoms with Gasteiger partial charge in [0.1, 0.15) is 0 Å². The second-order valence-electron chi connectivity index (χ2n) is 7.00. The molecule has 1 heterocycles. The Hall–Kier alpha value is -2.24. The molecule has 1 saturated heterocycles. The number of hydrogen-bond donors (Lipinski definition) is 0. The Labute approximate surface area is 162 Å². The van der Waals surface area contributed by atoms with Crippen molar-refractivity contribution < 1.29 is 19.1 Å². The highest BCUT2D eigenvalue weighted by molar-refractivity contribution is 5.95. The highest BCUT2D eigenvalue weighted by Gasteiger charge is 2.20. The smallest absolute Gasteiger partial charge is 0.260 e. The number of nitrogens with zero attached hydrogens (tertiary/aromatic N) is 2.